The van der Waals surface area contributed by atoms with Gasteiger partial charge in [0.05, 0.1) is 12.0 Å². The van der Waals surface area contributed by atoms with Crippen LogP contribution in [0.3, 0.4) is 0 Å². The molecule has 0 aromatic carbocycles. The van der Waals surface area contributed by atoms with Gasteiger partial charge in [-0.2, -0.15) is 0 Å². The maximum atomic E-state index is 12.4. The largest absolute Gasteiger partial charge is 0.481 e. The van der Waals surface area contributed by atoms with Crippen LogP contribution in [0.5, 0.6) is 0 Å². The van der Waals surface area contributed by atoms with E-state index in [-0.39, 0.29) is 5.91 Å². The molecular formula is C15H20BrNO3S. The van der Waals surface area contributed by atoms with Crippen LogP contribution in [0.2, 0.25) is 0 Å². The van der Waals surface area contributed by atoms with Gasteiger partial charge in [-0.25, -0.2) is 0 Å². The predicted molar refractivity (Wildman–Crippen MR) is 86.5 cm³/mol. The number of hydrogen-bond donors (Lipinski definition) is 1. The molecule has 1 aromatic heterocycles. The fraction of sp³-hybridized carbons (Fsp3) is 0.600. The van der Waals surface area contributed by atoms with Gasteiger partial charge in [0.25, 0.3) is 0 Å². The molecule has 0 bridgehead atoms. The normalized spacial score (nSPS) is 23.5. The van der Waals surface area contributed by atoms with Crippen LogP contribution in [0.1, 0.15) is 49.4 Å². The first-order chi connectivity index (χ1) is 9.62. The van der Waals surface area contributed by atoms with Crippen LogP contribution in [0.15, 0.2) is 10.5 Å². The quantitative estimate of drug-likeness (QED) is 0.852. The number of carboxylic acid groups (broad SMARTS) is 1. The van der Waals surface area contributed by atoms with Gasteiger partial charge in [0.1, 0.15) is 0 Å². The first-order valence-corrected chi connectivity index (χ1v) is 8.54. The second-order valence-electron chi connectivity index (χ2n) is 6.42. The Hall–Kier alpha value is -0.880. The summed E-state index contributed by atoms with van der Waals surface area (Å²) in [5.41, 5.74) is -0.403. The van der Waals surface area contributed by atoms with E-state index in [0.717, 1.165) is 14.2 Å². The van der Waals surface area contributed by atoms with Crippen molar-refractivity contribution in [2.75, 3.05) is 0 Å². The summed E-state index contributed by atoms with van der Waals surface area (Å²) in [4.78, 5) is 27.9. The molecular weight excluding hydrogens is 354 g/mol. The number of rotatable bonds is 2. The van der Waals surface area contributed by atoms with Crippen molar-refractivity contribution in [3.05, 3.63) is 20.3 Å². The number of piperidine rings is 1. The minimum absolute atomic E-state index is 0.0344. The smallest absolute Gasteiger partial charge is 0.308 e. The number of halogens is 1. The molecule has 1 amide bonds. The zero-order valence-corrected chi connectivity index (χ0v) is 15.0. The highest BCUT2D eigenvalue weighted by Crippen LogP contribution is 2.44. The van der Waals surface area contributed by atoms with Crippen LogP contribution in [0, 0.1) is 12.8 Å². The van der Waals surface area contributed by atoms with Crippen LogP contribution in [-0.2, 0) is 9.59 Å². The summed E-state index contributed by atoms with van der Waals surface area (Å²) in [6, 6.07) is 1.57. The van der Waals surface area contributed by atoms with Crippen LogP contribution in [0.25, 0.3) is 0 Å². The highest BCUT2D eigenvalue weighted by molar-refractivity contribution is 9.10. The van der Waals surface area contributed by atoms with Gasteiger partial charge in [0.2, 0.25) is 5.91 Å². The second-order valence-corrected chi connectivity index (χ2v) is 8.56. The molecule has 2 heterocycles. The van der Waals surface area contributed by atoms with Gasteiger partial charge >= 0.3 is 5.97 Å². The fourth-order valence-electron chi connectivity index (χ4n) is 2.90. The first kappa shape index (κ1) is 16.5. The van der Waals surface area contributed by atoms with Gasteiger partial charge in [-0.05, 0) is 56.1 Å². The molecule has 21 heavy (non-hydrogen) atoms. The lowest BCUT2D eigenvalue weighted by molar-refractivity contribution is -0.156. The number of hydrogen-bond acceptors (Lipinski definition) is 3. The Kier molecular flexibility index (Phi) is 4.49. The molecule has 2 atom stereocenters. The fourth-order valence-corrected chi connectivity index (χ4v) is 4.61. The van der Waals surface area contributed by atoms with Crippen molar-refractivity contribution in [2.45, 2.75) is 52.1 Å². The van der Waals surface area contributed by atoms with E-state index in [1.165, 1.54) is 0 Å². The minimum atomic E-state index is -0.830. The van der Waals surface area contributed by atoms with E-state index in [0.29, 0.717) is 12.8 Å². The molecule has 2 rings (SSSR count). The summed E-state index contributed by atoms with van der Waals surface area (Å²) in [7, 11) is 0. The van der Waals surface area contributed by atoms with Crippen molar-refractivity contribution in [2.24, 2.45) is 5.92 Å². The molecule has 2 unspecified atom stereocenters. The zero-order chi connectivity index (χ0) is 15.9. The molecule has 0 saturated carbocycles. The number of aliphatic carboxylic acids is 1. The number of nitrogens with zero attached hydrogens (tertiary/aromatic N) is 1. The van der Waals surface area contributed by atoms with Crippen molar-refractivity contribution in [1.29, 1.82) is 0 Å². The van der Waals surface area contributed by atoms with Gasteiger partial charge in [-0.1, -0.05) is 0 Å². The van der Waals surface area contributed by atoms with Gasteiger partial charge in [-0.3, -0.25) is 9.59 Å². The van der Waals surface area contributed by atoms with Crippen molar-refractivity contribution < 1.29 is 14.7 Å². The number of amides is 1. The highest BCUT2D eigenvalue weighted by Gasteiger charge is 2.45. The average Bonchev–Trinajstić information content (AvgIpc) is 2.67. The summed E-state index contributed by atoms with van der Waals surface area (Å²) in [5, 5.41) is 9.57. The predicted octanol–water partition coefficient (Wildman–Crippen LogP) is 3.98. The van der Waals surface area contributed by atoms with Crippen LogP contribution < -0.4 is 0 Å². The van der Waals surface area contributed by atoms with E-state index in [9.17, 15) is 14.7 Å². The SMILES string of the molecule is Cc1sc(C2C(C(=O)O)CCC(=O)N2C(C)(C)C)cc1Br. The third kappa shape index (κ3) is 3.16. The molecule has 1 fully saturated rings. The Morgan fingerprint density at radius 3 is 2.52 bits per heavy atom. The van der Waals surface area contributed by atoms with E-state index in [4.69, 9.17) is 0 Å². The minimum Gasteiger partial charge on any atom is -0.481 e. The van der Waals surface area contributed by atoms with Gasteiger partial charge in [-0.15, -0.1) is 11.3 Å². The van der Waals surface area contributed by atoms with Crippen molar-refractivity contribution >= 4 is 39.1 Å². The van der Waals surface area contributed by atoms with Crippen LogP contribution in [-0.4, -0.2) is 27.4 Å². The lowest BCUT2D eigenvalue weighted by Gasteiger charge is -2.46. The highest BCUT2D eigenvalue weighted by atomic mass is 79.9. The standard InChI is InChI=1S/C15H20BrNO3S/c1-8-10(16)7-11(21-8)13-9(14(19)20)5-6-12(18)17(13)15(2,3)4/h7,9,13H,5-6H2,1-4H3,(H,19,20). The molecule has 1 N–H and O–H groups in total. The Balaban J connectivity index is 2.54. The van der Waals surface area contributed by atoms with E-state index in [1.54, 1.807) is 16.2 Å². The maximum Gasteiger partial charge on any atom is 0.308 e. The van der Waals surface area contributed by atoms with E-state index >= 15 is 0 Å². The molecule has 0 radical (unpaired) electrons. The lowest BCUT2D eigenvalue weighted by Crippen LogP contribution is -2.53. The Labute approximate surface area is 137 Å². The van der Waals surface area contributed by atoms with Gasteiger partial charge < -0.3 is 10.0 Å². The number of carboxylic acids is 1. The van der Waals surface area contributed by atoms with Gasteiger partial charge in [0.15, 0.2) is 0 Å². The van der Waals surface area contributed by atoms with E-state index < -0.39 is 23.5 Å². The number of thiophene rings is 1. The number of carbonyl (C=O) groups is 2. The summed E-state index contributed by atoms with van der Waals surface area (Å²) in [6.07, 6.45) is 0.705. The van der Waals surface area contributed by atoms with Crippen LogP contribution in [0.4, 0.5) is 0 Å². The van der Waals surface area contributed by atoms with E-state index in [2.05, 4.69) is 15.9 Å². The zero-order valence-electron chi connectivity index (χ0n) is 12.6. The summed E-state index contributed by atoms with van der Waals surface area (Å²) in [5.74, 6) is -1.34. The maximum absolute atomic E-state index is 12.4. The van der Waals surface area contributed by atoms with Crippen LogP contribution >= 0.6 is 27.3 Å². The number of aryl methyl sites for hydroxylation is 1. The average molecular weight is 374 g/mol. The Bertz CT molecular complexity index is 556. The summed E-state index contributed by atoms with van der Waals surface area (Å²) >= 11 is 5.04. The second kappa shape index (κ2) is 5.72. The lowest BCUT2D eigenvalue weighted by atomic mass is 9.84. The molecule has 6 heteroatoms. The third-order valence-corrected chi connectivity index (χ3v) is 6.01. The number of likely N-dealkylation sites (tertiary alicyclic amines) is 1. The van der Waals surface area contributed by atoms with E-state index in [1.807, 2.05) is 33.8 Å². The van der Waals surface area contributed by atoms with Crippen molar-refractivity contribution in [1.82, 2.24) is 4.90 Å². The molecule has 116 valence electrons. The molecule has 1 aromatic rings. The number of carbonyl (C=O) groups excluding carboxylic acids is 1. The topological polar surface area (TPSA) is 57.6 Å². The molecule has 4 nitrogen and oxygen atoms in total. The van der Waals surface area contributed by atoms with Gasteiger partial charge in [0, 0.05) is 26.2 Å². The Morgan fingerprint density at radius 1 is 1.48 bits per heavy atom. The van der Waals surface area contributed by atoms with Crippen molar-refractivity contribution in [3.8, 4) is 0 Å². The molecule has 0 aliphatic carbocycles. The molecule has 1 aliphatic rings. The first-order valence-electron chi connectivity index (χ1n) is 6.93. The molecule has 1 saturated heterocycles. The Morgan fingerprint density at radius 2 is 2.10 bits per heavy atom. The molecule has 0 spiro atoms. The summed E-state index contributed by atoms with van der Waals surface area (Å²) in [6.45, 7) is 7.85. The molecule has 1 aliphatic heterocycles. The monoisotopic (exact) mass is 373 g/mol. The van der Waals surface area contributed by atoms with Crippen molar-refractivity contribution in [3.63, 3.8) is 0 Å². The third-order valence-electron chi connectivity index (χ3n) is 3.80. The summed E-state index contributed by atoms with van der Waals surface area (Å²) < 4.78 is 0.971.